The van der Waals surface area contributed by atoms with Crippen LogP contribution < -0.4 is 5.32 Å². The minimum atomic E-state index is -1.21. The molecular formula is C35H48BrN3O7. The number of hydrogen-bond acceptors (Lipinski definition) is 7. The number of carbonyl (C=O) groups excluding carboxylic acids is 4. The van der Waals surface area contributed by atoms with Crippen LogP contribution in [0.2, 0.25) is 0 Å². The molecule has 11 heteroatoms. The van der Waals surface area contributed by atoms with E-state index in [0.717, 1.165) is 0 Å². The third-order valence-corrected chi connectivity index (χ3v) is 10.2. The number of rotatable bonds is 17. The lowest BCUT2D eigenvalue weighted by Crippen LogP contribution is -2.58. The van der Waals surface area contributed by atoms with Gasteiger partial charge in [0.1, 0.15) is 17.7 Å². The number of amides is 3. The lowest BCUT2D eigenvalue weighted by Gasteiger charge is -2.38. The fourth-order valence-corrected chi connectivity index (χ4v) is 8.22. The molecule has 1 aromatic rings. The minimum Gasteiger partial charge on any atom is -0.455 e. The standard InChI is InChI=1S/C35H48BrN3O7/c1-6-8-17-26(41)37-23(5)29(24-15-11-9-12-16-24)45-34(44)27-28-32(42)39(19-13-10-14-20-40)31(33(43)38(18-7-2)22(3)4)35(28)21-25(36)30(27)46-35/h6-7,9,11-12,15-16,22-23,25,27-31,40H,1-2,8,10,13-14,17-21H2,3-5H3,(H,37,41)/t23-,25?,27-,28+,29-,30-,31-,35+/m1/s1. The van der Waals surface area contributed by atoms with Crippen LogP contribution in [0, 0.1) is 11.8 Å². The smallest absolute Gasteiger partial charge is 0.313 e. The van der Waals surface area contributed by atoms with Crippen LogP contribution in [0.4, 0.5) is 0 Å². The Balaban J connectivity index is 1.68. The zero-order valence-electron chi connectivity index (χ0n) is 27.1. The summed E-state index contributed by atoms with van der Waals surface area (Å²) < 4.78 is 12.9. The number of likely N-dealkylation sites (tertiary alicyclic amines) is 1. The SMILES string of the molecule is C=CCCC(=O)N[C@H](C)[C@@H](OC(=O)[C@H]1[C@@H]2O[C@@]3(CC2Br)[C@@H]1C(=O)N(CCCCCO)[C@@H]3C(=O)N(CC=C)C(C)C)c1ccccc1. The van der Waals surface area contributed by atoms with Crippen LogP contribution in [0.15, 0.2) is 55.6 Å². The number of fused-ring (bicyclic) bond motifs is 1. The summed E-state index contributed by atoms with van der Waals surface area (Å²) in [7, 11) is 0. The molecular weight excluding hydrogens is 654 g/mol. The van der Waals surface area contributed by atoms with Crippen molar-refractivity contribution in [2.75, 3.05) is 19.7 Å². The molecule has 1 unspecified atom stereocenters. The van der Waals surface area contributed by atoms with Crippen LogP contribution in [-0.2, 0) is 28.7 Å². The molecule has 3 aliphatic rings. The molecule has 0 radical (unpaired) electrons. The van der Waals surface area contributed by atoms with Crippen LogP contribution in [0.25, 0.3) is 0 Å². The van der Waals surface area contributed by atoms with Crippen molar-refractivity contribution in [3.63, 3.8) is 0 Å². The molecule has 1 aromatic carbocycles. The Labute approximate surface area is 280 Å². The van der Waals surface area contributed by atoms with Gasteiger partial charge >= 0.3 is 5.97 Å². The van der Waals surface area contributed by atoms with E-state index in [1.54, 1.807) is 28.9 Å². The highest BCUT2D eigenvalue weighted by Crippen LogP contribution is 2.60. The highest BCUT2D eigenvalue weighted by atomic mass is 79.9. The van der Waals surface area contributed by atoms with Gasteiger partial charge in [-0.1, -0.05) is 58.4 Å². The number of esters is 1. The monoisotopic (exact) mass is 701 g/mol. The van der Waals surface area contributed by atoms with Gasteiger partial charge in [0.2, 0.25) is 17.7 Å². The van der Waals surface area contributed by atoms with Crippen LogP contribution in [0.1, 0.15) is 71.0 Å². The number of aliphatic hydroxyl groups is 1. The van der Waals surface area contributed by atoms with E-state index < -0.39 is 47.7 Å². The maximum absolute atomic E-state index is 14.4. The molecule has 10 nitrogen and oxygen atoms in total. The Morgan fingerprint density at radius 3 is 2.52 bits per heavy atom. The van der Waals surface area contributed by atoms with Gasteiger partial charge in [0, 0.05) is 37.0 Å². The van der Waals surface area contributed by atoms with Gasteiger partial charge in [-0.05, 0) is 58.4 Å². The van der Waals surface area contributed by atoms with Crippen LogP contribution in [0.3, 0.4) is 0 Å². The molecule has 8 atom stereocenters. The van der Waals surface area contributed by atoms with E-state index in [4.69, 9.17) is 9.47 Å². The molecule has 46 heavy (non-hydrogen) atoms. The van der Waals surface area contributed by atoms with Gasteiger partial charge in [-0.25, -0.2) is 0 Å². The predicted octanol–water partition coefficient (Wildman–Crippen LogP) is 4.08. The highest BCUT2D eigenvalue weighted by molar-refractivity contribution is 9.09. The number of unbranched alkanes of at least 4 members (excludes halogenated alkanes) is 2. The van der Waals surface area contributed by atoms with E-state index >= 15 is 0 Å². The number of carbonyl (C=O) groups is 4. The zero-order valence-corrected chi connectivity index (χ0v) is 28.7. The van der Waals surface area contributed by atoms with E-state index in [1.165, 1.54) is 0 Å². The van der Waals surface area contributed by atoms with Crippen LogP contribution in [0.5, 0.6) is 0 Å². The average Bonchev–Trinajstić information content (AvgIpc) is 3.62. The molecule has 3 aliphatic heterocycles. The first-order chi connectivity index (χ1) is 22.0. The normalized spacial score (nSPS) is 27.7. The summed E-state index contributed by atoms with van der Waals surface area (Å²) in [6.45, 7) is 13.8. The van der Waals surface area contributed by atoms with E-state index in [2.05, 4.69) is 34.4 Å². The largest absolute Gasteiger partial charge is 0.455 e. The second-order valence-corrected chi connectivity index (χ2v) is 14.0. The number of benzene rings is 1. The van der Waals surface area contributed by atoms with Gasteiger partial charge < -0.3 is 29.7 Å². The van der Waals surface area contributed by atoms with Crippen molar-refractivity contribution in [2.45, 2.75) is 100 Å². The van der Waals surface area contributed by atoms with Gasteiger partial charge in [-0.3, -0.25) is 19.2 Å². The summed E-state index contributed by atoms with van der Waals surface area (Å²) >= 11 is 3.72. The van der Waals surface area contributed by atoms with Crippen molar-refractivity contribution in [3.8, 4) is 0 Å². The third-order valence-electron chi connectivity index (χ3n) is 9.37. The Morgan fingerprint density at radius 2 is 1.89 bits per heavy atom. The zero-order chi connectivity index (χ0) is 33.6. The number of aliphatic hydroxyl groups excluding tert-OH is 1. The Morgan fingerprint density at radius 1 is 1.17 bits per heavy atom. The fraction of sp³-hybridized carbons (Fsp3) is 0.600. The van der Waals surface area contributed by atoms with Crippen molar-refractivity contribution >= 4 is 39.6 Å². The first-order valence-corrected chi connectivity index (χ1v) is 17.2. The quantitative estimate of drug-likeness (QED) is 0.109. The van der Waals surface area contributed by atoms with Crippen molar-refractivity contribution < 1.29 is 33.8 Å². The molecule has 3 heterocycles. The molecule has 3 saturated heterocycles. The molecule has 2 bridgehead atoms. The summed E-state index contributed by atoms with van der Waals surface area (Å²) in [5.74, 6) is -3.18. The van der Waals surface area contributed by atoms with Gasteiger partial charge in [0.15, 0.2) is 0 Å². The van der Waals surface area contributed by atoms with Crippen LogP contribution in [-0.4, -0.2) is 93.0 Å². The van der Waals surface area contributed by atoms with Crippen molar-refractivity contribution in [2.24, 2.45) is 11.8 Å². The highest BCUT2D eigenvalue weighted by Gasteiger charge is 2.77. The summed E-state index contributed by atoms with van der Waals surface area (Å²) in [4.78, 5) is 58.6. The molecule has 3 amide bonds. The van der Waals surface area contributed by atoms with E-state index in [-0.39, 0.29) is 41.6 Å². The molecule has 4 rings (SSSR count). The number of halogens is 1. The Hall–Kier alpha value is -3.02. The van der Waals surface area contributed by atoms with Gasteiger partial charge in [-0.15, -0.1) is 13.2 Å². The topological polar surface area (TPSA) is 125 Å². The fourth-order valence-electron chi connectivity index (χ4n) is 7.28. The second kappa shape index (κ2) is 15.7. The molecule has 0 aromatic heterocycles. The van der Waals surface area contributed by atoms with Crippen molar-refractivity contribution in [1.29, 1.82) is 0 Å². The number of allylic oxidation sites excluding steroid dienone is 1. The average molecular weight is 703 g/mol. The first kappa shape index (κ1) is 35.8. The van der Waals surface area contributed by atoms with Crippen LogP contribution >= 0.6 is 15.9 Å². The molecule has 3 fully saturated rings. The predicted molar refractivity (Wildman–Crippen MR) is 178 cm³/mol. The second-order valence-electron chi connectivity index (χ2n) is 12.8. The summed E-state index contributed by atoms with van der Waals surface area (Å²) in [6.07, 6.45) is 4.87. The minimum absolute atomic E-state index is 0.0447. The maximum atomic E-state index is 14.4. The molecule has 252 valence electrons. The third kappa shape index (κ3) is 7.11. The lowest BCUT2D eigenvalue weighted by molar-refractivity contribution is -0.162. The Kier molecular flexibility index (Phi) is 12.2. The number of nitrogens with zero attached hydrogens (tertiary/aromatic N) is 2. The number of alkyl halides is 1. The van der Waals surface area contributed by atoms with E-state index in [0.29, 0.717) is 50.8 Å². The van der Waals surface area contributed by atoms with Gasteiger partial charge in [0.05, 0.1) is 24.0 Å². The molecule has 2 N–H and O–H groups in total. The molecule has 1 spiro atoms. The van der Waals surface area contributed by atoms with Crippen molar-refractivity contribution in [3.05, 3.63) is 61.2 Å². The number of hydrogen-bond donors (Lipinski definition) is 2. The maximum Gasteiger partial charge on any atom is 0.313 e. The molecule has 0 aliphatic carbocycles. The lowest BCUT2D eigenvalue weighted by atomic mass is 9.70. The Bertz CT molecular complexity index is 1280. The van der Waals surface area contributed by atoms with E-state index in [1.807, 2.05) is 44.2 Å². The number of ether oxygens (including phenoxy) is 2. The van der Waals surface area contributed by atoms with Crippen molar-refractivity contribution in [1.82, 2.24) is 15.1 Å². The summed E-state index contributed by atoms with van der Waals surface area (Å²) in [6, 6.07) is 7.56. The van der Waals surface area contributed by atoms with Gasteiger partial charge in [-0.2, -0.15) is 0 Å². The molecule has 0 saturated carbocycles. The first-order valence-electron chi connectivity index (χ1n) is 16.3. The summed E-state index contributed by atoms with van der Waals surface area (Å²) in [5.41, 5.74) is -0.510. The van der Waals surface area contributed by atoms with Gasteiger partial charge in [0.25, 0.3) is 0 Å². The summed E-state index contributed by atoms with van der Waals surface area (Å²) in [5, 5.41) is 12.3. The van der Waals surface area contributed by atoms with E-state index in [9.17, 15) is 24.3 Å². The number of nitrogens with one attached hydrogen (secondary N) is 1.